The van der Waals surface area contributed by atoms with Gasteiger partial charge in [0.2, 0.25) is 0 Å². The topological polar surface area (TPSA) is 30.3 Å². The number of benzene rings is 2. The molecule has 3 heterocycles. The Kier molecular flexibility index (Phi) is 4.29. The number of fused-ring (bicyclic) bond motifs is 1. The van der Waals surface area contributed by atoms with E-state index < -0.39 is 0 Å². The molecule has 1 saturated heterocycles. The van der Waals surface area contributed by atoms with Crippen LogP contribution >= 0.6 is 0 Å². The molecule has 0 aliphatic carbocycles. The summed E-state index contributed by atoms with van der Waals surface area (Å²) in [7, 11) is 0. The Morgan fingerprint density at radius 2 is 2.00 bits per heavy atom. The Hall–Kier alpha value is -2.50. The second kappa shape index (κ2) is 6.83. The predicted molar refractivity (Wildman–Crippen MR) is 106 cm³/mol. The molecule has 4 nitrogen and oxygen atoms in total. The van der Waals surface area contributed by atoms with Crippen LogP contribution in [0.2, 0.25) is 0 Å². The maximum absolute atomic E-state index is 13.2. The molecule has 1 fully saturated rings. The molecule has 1 aromatic heterocycles. The molecule has 0 saturated carbocycles. The van der Waals surface area contributed by atoms with Gasteiger partial charge in [-0.15, -0.1) is 0 Å². The first-order chi connectivity index (χ1) is 13.6. The Bertz CT molecular complexity index is 997. The van der Waals surface area contributed by atoms with E-state index in [9.17, 15) is 4.39 Å². The van der Waals surface area contributed by atoms with Gasteiger partial charge in [-0.1, -0.05) is 35.9 Å². The average molecular weight is 377 g/mol. The summed E-state index contributed by atoms with van der Waals surface area (Å²) in [5.74, 6) is 0.813. The Labute approximate surface area is 164 Å². The smallest absolute Gasteiger partial charge is 0.135 e. The van der Waals surface area contributed by atoms with Crippen LogP contribution in [-0.4, -0.2) is 33.1 Å². The molecule has 0 radical (unpaired) electrons. The molecule has 1 unspecified atom stereocenters. The van der Waals surface area contributed by atoms with Crippen molar-refractivity contribution in [2.24, 2.45) is 0 Å². The van der Waals surface area contributed by atoms with Crippen LogP contribution in [0.25, 0.3) is 11.3 Å². The maximum Gasteiger partial charge on any atom is 0.135 e. The fraction of sp³-hybridized carbons (Fsp3) is 0.348. The highest BCUT2D eigenvalue weighted by Crippen LogP contribution is 2.35. The van der Waals surface area contributed by atoms with Crippen LogP contribution in [0.3, 0.4) is 0 Å². The van der Waals surface area contributed by atoms with Crippen LogP contribution in [-0.2, 0) is 24.4 Å². The molecule has 3 aromatic rings. The second-order valence-corrected chi connectivity index (χ2v) is 8.07. The van der Waals surface area contributed by atoms with Crippen molar-refractivity contribution in [3.8, 4) is 11.3 Å². The number of aromatic nitrogens is 2. The molecule has 5 rings (SSSR count). The monoisotopic (exact) mass is 377 g/mol. The van der Waals surface area contributed by atoms with Gasteiger partial charge in [0.25, 0.3) is 0 Å². The maximum atomic E-state index is 13.2. The fourth-order valence-corrected chi connectivity index (χ4v) is 4.45. The number of imidazole rings is 1. The van der Waals surface area contributed by atoms with Gasteiger partial charge in [-0.05, 0) is 37.1 Å². The quantitative estimate of drug-likeness (QED) is 0.686. The highest BCUT2D eigenvalue weighted by atomic mass is 19.1. The summed E-state index contributed by atoms with van der Waals surface area (Å²) < 4.78 is 21.8. The number of hydrogen-bond acceptors (Lipinski definition) is 3. The van der Waals surface area contributed by atoms with Gasteiger partial charge in [0, 0.05) is 25.2 Å². The SMILES string of the molecule is Cc1cccc(-c2cnc3n2CC2(CCN(Cc4ccc(F)cc4)C2)OC3)c1. The number of aryl methyl sites for hydroxylation is 1. The highest BCUT2D eigenvalue weighted by Gasteiger charge is 2.43. The summed E-state index contributed by atoms with van der Waals surface area (Å²) >= 11 is 0. The fourth-order valence-electron chi connectivity index (χ4n) is 4.45. The molecule has 2 aliphatic heterocycles. The number of hydrogen-bond donors (Lipinski definition) is 0. The second-order valence-electron chi connectivity index (χ2n) is 8.07. The standard InChI is InChI=1S/C23H24FN3O/c1-17-3-2-4-19(11-17)21-12-25-22-14-28-23(16-27(21)22)9-10-26(15-23)13-18-5-7-20(24)8-6-18/h2-8,11-12H,9-10,13-16H2,1H3. The van der Waals surface area contributed by atoms with Gasteiger partial charge in [-0.25, -0.2) is 9.37 Å². The number of nitrogens with zero attached hydrogens (tertiary/aromatic N) is 3. The van der Waals surface area contributed by atoms with Crippen molar-refractivity contribution in [2.45, 2.75) is 38.6 Å². The minimum Gasteiger partial charge on any atom is -0.364 e. The van der Waals surface area contributed by atoms with E-state index >= 15 is 0 Å². The highest BCUT2D eigenvalue weighted by molar-refractivity contribution is 5.60. The van der Waals surface area contributed by atoms with Crippen molar-refractivity contribution in [3.05, 3.63) is 77.5 Å². The van der Waals surface area contributed by atoms with Crippen molar-refractivity contribution in [2.75, 3.05) is 13.1 Å². The van der Waals surface area contributed by atoms with Gasteiger partial charge in [0.05, 0.1) is 18.4 Å². The minimum atomic E-state index is -0.187. The van der Waals surface area contributed by atoms with Crippen molar-refractivity contribution in [1.82, 2.24) is 14.5 Å². The van der Waals surface area contributed by atoms with Gasteiger partial charge >= 0.3 is 0 Å². The molecular formula is C23H24FN3O. The van der Waals surface area contributed by atoms with Crippen LogP contribution in [0, 0.1) is 12.7 Å². The van der Waals surface area contributed by atoms with Crippen molar-refractivity contribution < 1.29 is 9.13 Å². The first kappa shape index (κ1) is 17.6. The average Bonchev–Trinajstić information content (AvgIpc) is 3.28. The van der Waals surface area contributed by atoms with Crippen LogP contribution in [0.1, 0.15) is 23.4 Å². The number of likely N-dealkylation sites (tertiary alicyclic amines) is 1. The van der Waals surface area contributed by atoms with E-state index in [2.05, 4.69) is 45.6 Å². The van der Waals surface area contributed by atoms with Crippen LogP contribution in [0.4, 0.5) is 4.39 Å². The number of rotatable bonds is 3. The molecule has 0 amide bonds. The molecule has 2 aliphatic rings. The third kappa shape index (κ3) is 3.25. The summed E-state index contributed by atoms with van der Waals surface area (Å²) in [5, 5.41) is 0. The van der Waals surface area contributed by atoms with Gasteiger partial charge in [0.15, 0.2) is 0 Å². The first-order valence-corrected chi connectivity index (χ1v) is 9.82. The predicted octanol–water partition coefficient (Wildman–Crippen LogP) is 4.17. The summed E-state index contributed by atoms with van der Waals surface area (Å²) in [6, 6.07) is 15.4. The van der Waals surface area contributed by atoms with E-state index in [0.717, 1.165) is 44.0 Å². The largest absolute Gasteiger partial charge is 0.364 e. The normalized spacial score (nSPS) is 21.9. The van der Waals surface area contributed by atoms with Gasteiger partial charge < -0.3 is 9.30 Å². The zero-order chi connectivity index (χ0) is 19.1. The molecular weight excluding hydrogens is 353 g/mol. The number of halogens is 1. The lowest BCUT2D eigenvalue weighted by Crippen LogP contribution is -2.44. The minimum absolute atomic E-state index is 0.174. The van der Waals surface area contributed by atoms with Crippen molar-refractivity contribution in [3.63, 3.8) is 0 Å². The van der Waals surface area contributed by atoms with Crippen molar-refractivity contribution in [1.29, 1.82) is 0 Å². The Balaban J connectivity index is 1.35. The Morgan fingerprint density at radius 1 is 1.14 bits per heavy atom. The lowest BCUT2D eigenvalue weighted by atomic mass is 10.0. The van der Waals surface area contributed by atoms with E-state index in [1.165, 1.54) is 29.0 Å². The van der Waals surface area contributed by atoms with Crippen LogP contribution in [0.15, 0.2) is 54.7 Å². The van der Waals surface area contributed by atoms with Gasteiger partial charge in [-0.3, -0.25) is 4.90 Å². The summed E-state index contributed by atoms with van der Waals surface area (Å²) in [6.45, 7) is 6.19. The van der Waals surface area contributed by atoms with E-state index in [1.807, 2.05) is 18.3 Å². The molecule has 5 heteroatoms. The number of ether oxygens (including phenoxy) is 1. The third-order valence-electron chi connectivity index (χ3n) is 5.92. The zero-order valence-corrected chi connectivity index (χ0v) is 16.1. The van der Waals surface area contributed by atoms with E-state index in [1.54, 1.807) is 0 Å². The molecule has 0 N–H and O–H groups in total. The summed E-state index contributed by atoms with van der Waals surface area (Å²) in [6.07, 6.45) is 2.97. The summed E-state index contributed by atoms with van der Waals surface area (Å²) in [4.78, 5) is 7.01. The van der Waals surface area contributed by atoms with Crippen molar-refractivity contribution >= 4 is 0 Å². The molecule has 1 spiro atoms. The third-order valence-corrected chi connectivity index (χ3v) is 5.92. The molecule has 1 atom stereocenters. The van der Waals surface area contributed by atoms with E-state index in [-0.39, 0.29) is 11.4 Å². The zero-order valence-electron chi connectivity index (χ0n) is 16.1. The van der Waals surface area contributed by atoms with Gasteiger partial charge in [0.1, 0.15) is 23.8 Å². The molecule has 0 bridgehead atoms. The van der Waals surface area contributed by atoms with Crippen LogP contribution in [0.5, 0.6) is 0 Å². The first-order valence-electron chi connectivity index (χ1n) is 9.82. The lowest BCUT2D eigenvalue weighted by Gasteiger charge is -2.35. The van der Waals surface area contributed by atoms with E-state index in [4.69, 9.17) is 4.74 Å². The summed E-state index contributed by atoms with van der Waals surface area (Å²) in [5.41, 5.74) is 4.58. The molecule has 2 aromatic carbocycles. The van der Waals surface area contributed by atoms with Crippen LogP contribution < -0.4 is 0 Å². The molecule has 144 valence electrons. The lowest BCUT2D eigenvalue weighted by molar-refractivity contribution is -0.0821. The molecule has 28 heavy (non-hydrogen) atoms. The van der Waals surface area contributed by atoms with E-state index in [0.29, 0.717) is 6.61 Å². The van der Waals surface area contributed by atoms with Gasteiger partial charge in [-0.2, -0.15) is 0 Å². The Morgan fingerprint density at radius 3 is 2.82 bits per heavy atom.